The number of anilines is 2. The molecule has 2 aromatic carbocycles. The number of aryl methyl sites for hydroxylation is 1. The van der Waals surface area contributed by atoms with Crippen LogP contribution in [0.15, 0.2) is 42.5 Å². The Kier molecular flexibility index (Phi) is 8.00. The first-order chi connectivity index (χ1) is 13.4. The van der Waals surface area contributed by atoms with Gasteiger partial charge < -0.3 is 15.5 Å². The number of nitrogens with zero attached hydrogens (tertiary/aromatic N) is 1. The second-order valence-electron chi connectivity index (χ2n) is 6.54. The second kappa shape index (κ2) is 10.5. The van der Waals surface area contributed by atoms with Gasteiger partial charge in [-0.05, 0) is 49.2 Å². The number of halogens is 1. The van der Waals surface area contributed by atoms with Gasteiger partial charge in [-0.2, -0.15) is 5.26 Å². The summed E-state index contributed by atoms with van der Waals surface area (Å²) in [6.45, 7) is 4.81. The van der Waals surface area contributed by atoms with Gasteiger partial charge in [-0.25, -0.2) is 0 Å². The summed E-state index contributed by atoms with van der Waals surface area (Å²) in [5.74, 6) is -0.340. The smallest absolute Gasteiger partial charge is 0.279 e. The van der Waals surface area contributed by atoms with Crippen LogP contribution in [-0.4, -0.2) is 31.4 Å². The lowest BCUT2D eigenvalue weighted by Gasteiger charge is -2.17. The number of benzene rings is 2. The lowest BCUT2D eigenvalue weighted by atomic mass is 10.1. The highest BCUT2D eigenvalue weighted by molar-refractivity contribution is 6.31. The second-order valence-corrected chi connectivity index (χ2v) is 6.98. The molecule has 1 atom stereocenters. The maximum atomic E-state index is 12.4. The molecular weight excluding hydrogens is 376 g/mol. The van der Waals surface area contributed by atoms with Crippen molar-refractivity contribution in [2.75, 3.05) is 30.3 Å². The number of hydrogen-bond acceptors (Lipinski definition) is 3. The zero-order valence-corrected chi connectivity index (χ0v) is 16.8. The van der Waals surface area contributed by atoms with Crippen molar-refractivity contribution in [3.05, 3.63) is 58.6 Å². The predicted octanol–water partition coefficient (Wildman–Crippen LogP) is 2.20. The summed E-state index contributed by atoms with van der Waals surface area (Å²) in [6, 6.07) is 14.6. The third-order valence-electron chi connectivity index (χ3n) is 4.32. The number of nitriles is 1. The first-order valence-electron chi connectivity index (χ1n) is 9.06. The molecule has 1 unspecified atom stereocenters. The first kappa shape index (κ1) is 21.4. The van der Waals surface area contributed by atoms with Crippen LogP contribution in [0.3, 0.4) is 0 Å². The van der Waals surface area contributed by atoms with Gasteiger partial charge in [0.05, 0.1) is 19.0 Å². The van der Waals surface area contributed by atoms with Crippen molar-refractivity contribution in [1.29, 1.82) is 5.26 Å². The number of hydrogen-bond donors (Lipinski definition) is 3. The standard InChI is InChI=1S/C21H23ClN4O2/c1-3-26(14-21(28)25-19-12-17(22)7-4-15(19)2)13-20(27)24-18-8-5-16(6-9-18)10-11-23/h4-9,12H,3,10,13-14H2,1-2H3,(H,24,27)(H,25,28)/p+1. The molecule has 0 saturated heterocycles. The van der Waals surface area contributed by atoms with E-state index in [4.69, 9.17) is 16.9 Å². The van der Waals surface area contributed by atoms with Crippen molar-refractivity contribution in [3.8, 4) is 6.07 Å². The molecule has 0 fully saturated rings. The molecule has 0 aliphatic heterocycles. The Balaban J connectivity index is 1.88. The molecule has 0 aromatic heterocycles. The van der Waals surface area contributed by atoms with Crippen LogP contribution >= 0.6 is 11.6 Å². The van der Waals surface area contributed by atoms with Crippen LogP contribution in [0.1, 0.15) is 18.1 Å². The van der Waals surface area contributed by atoms with E-state index in [0.717, 1.165) is 16.0 Å². The van der Waals surface area contributed by atoms with Gasteiger partial charge in [0.15, 0.2) is 13.1 Å². The maximum Gasteiger partial charge on any atom is 0.279 e. The van der Waals surface area contributed by atoms with E-state index in [9.17, 15) is 9.59 Å². The number of carbonyl (C=O) groups excluding carboxylic acids is 2. The van der Waals surface area contributed by atoms with E-state index in [-0.39, 0.29) is 24.9 Å². The van der Waals surface area contributed by atoms with E-state index >= 15 is 0 Å². The quantitative estimate of drug-likeness (QED) is 0.636. The highest BCUT2D eigenvalue weighted by Gasteiger charge is 2.17. The van der Waals surface area contributed by atoms with Crippen LogP contribution in [-0.2, 0) is 16.0 Å². The zero-order chi connectivity index (χ0) is 20.5. The molecule has 3 N–H and O–H groups in total. The third kappa shape index (κ3) is 6.69. The van der Waals surface area contributed by atoms with E-state index in [1.165, 1.54) is 0 Å². The minimum absolute atomic E-state index is 0.170. The lowest BCUT2D eigenvalue weighted by molar-refractivity contribution is -0.881. The van der Waals surface area contributed by atoms with Crippen LogP contribution in [0.2, 0.25) is 5.02 Å². The summed E-state index contributed by atoms with van der Waals surface area (Å²) in [7, 11) is 0. The highest BCUT2D eigenvalue weighted by Crippen LogP contribution is 2.19. The Hall–Kier alpha value is -2.88. The summed E-state index contributed by atoms with van der Waals surface area (Å²) in [6.07, 6.45) is 0.337. The largest absolute Gasteiger partial charge is 0.321 e. The Morgan fingerprint density at radius 2 is 1.71 bits per heavy atom. The molecule has 6 nitrogen and oxygen atoms in total. The summed E-state index contributed by atoms with van der Waals surface area (Å²) < 4.78 is 0. The molecule has 7 heteroatoms. The molecule has 0 heterocycles. The number of amides is 2. The summed E-state index contributed by atoms with van der Waals surface area (Å²) in [5, 5.41) is 14.9. The van der Waals surface area contributed by atoms with Crippen LogP contribution in [0.25, 0.3) is 0 Å². The van der Waals surface area contributed by atoms with Gasteiger partial charge >= 0.3 is 0 Å². The average molecular weight is 400 g/mol. The zero-order valence-electron chi connectivity index (χ0n) is 16.0. The van der Waals surface area contributed by atoms with Crippen molar-refractivity contribution in [1.82, 2.24) is 0 Å². The topological polar surface area (TPSA) is 86.4 Å². The van der Waals surface area contributed by atoms with Gasteiger partial charge in [0.2, 0.25) is 0 Å². The molecule has 2 rings (SSSR count). The first-order valence-corrected chi connectivity index (χ1v) is 9.44. The predicted molar refractivity (Wildman–Crippen MR) is 110 cm³/mol. The van der Waals surface area contributed by atoms with Gasteiger partial charge in [0, 0.05) is 16.4 Å². The SMILES string of the molecule is CC[NH+](CC(=O)Nc1ccc(CC#N)cc1)CC(=O)Nc1cc(Cl)ccc1C. The molecule has 146 valence electrons. The molecular formula is C21H24ClN4O2+. The van der Waals surface area contributed by atoms with Crippen molar-refractivity contribution in [2.45, 2.75) is 20.3 Å². The van der Waals surface area contributed by atoms with E-state index < -0.39 is 0 Å². The van der Waals surface area contributed by atoms with Crippen molar-refractivity contribution in [2.24, 2.45) is 0 Å². The average Bonchev–Trinajstić information content (AvgIpc) is 2.66. The third-order valence-corrected chi connectivity index (χ3v) is 4.55. The van der Waals surface area contributed by atoms with Crippen LogP contribution in [0.5, 0.6) is 0 Å². The Morgan fingerprint density at radius 3 is 2.32 bits per heavy atom. The van der Waals surface area contributed by atoms with Crippen molar-refractivity contribution >= 4 is 34.8 Å². The van der Waals surface area contributed by atoms with E-state index in [1.807, 2.05) is 32.0 Å². The lowest BCUT2D eigenvalue weighted by Crippen LogP contribution is -3.13. The Bertz CT molecular complexity index is 875. The number of quaternary nitrogens is 1. The fourth-order valence-corrected chi connectivity index (χ4v) is 2.86. The van der Waals surface area contributed by atoms with Crippen molar-refractivity contribution in [3.63, 3.8) is 0 Å². The molecule has 0 radical (unpaired) electrons. The summed E-state index contributed by atoms with van der Waals surface area (Å²) >= 11 is 5.98. The number of carbonyl (C=O) groups is 2. The fourth-order valence-electron chi connectivity index (χ4n) is 2.69. The summed E-state index contributed by atoms with van der Waals surface area (Å²) in [4.78, 5) is 25.5. The molecule has 2 amide bonds. The minimum atomic E-state index is -0.170. The van der Waals surface area contributed by atoms with E-state index in [0.29, 0.717) is 29.4 Å². The minimum Gasteiger partial charge on any atom is -0.321 e. The van der Waals surface area contributed by atoms with Crippen LogP contribution in [0.4, 0.5) is 11.4 Å². The Morgan fingerprint density at radius 1 is 1.07 bits per heavy atom. The molecule has 0 spiro atoms. The summed E-state index contributed by atoms with van der Waals surface area (Å²) in [5.41, 5.74) is 3.17. The maximum absolute atomic E-state index is 12.4. The highest BCUT2D eigenvalue weighted by atomic mass is 35.5. The molecule has 0 saturated carbocycles. The molecule has 0 aliphatic carbocycles. The van der Waals surface area contributed by atoms with E-state index in [2.05, 4.69) is 16.7 Å². The molecule has 2 aromatic rings. The molecule has 0 aliphatic rings. The van der Waals surface area contributed by atoms with Gasteiger partial charge in [-0.1, -0.05) is 29.8 Å². The molecule has 0 bridgehead atoms. The van der Waals surface area contributed by atoms with Gasteiger partial charge in [-0.3, -0.25) is 9.59 Å². The van der Waals surface area contributed by atoms with Gasteiger partial charge in [-0.15, -0.1) is 0 Å². The fraction of sp³-hybridized carbons (Fsp3) is 0.286. The van der Waals surface area contributed by atoms with Crippen LogP contribution in [0, 0.1) is 18.3 Å². The van der Waals surface area contributed by atoms with Crippen LogP contribution < -0.4 is 15.5 Å². The van der Waals surface area contributed by atoms with Gasteiger partial charge in [0.1, 0.15) is 0 Å². The Labute approximate surface area is 170 Å². The normalized spacial score (nSPS) is 11.4. The van der Waals surface area contributed by atoms with E-state index in [1.54, 1.807) is 24.3 Å². The molecule has 28 heavy (non-hydrogen) atoms. The van der Waals surface area contributed by atoms with Crippen molar-refractivity contribution < 1.29 is 14.5 Å². The number of rotatable bonds is 8. The van der Waals surface area contributed by atoms with Gasteiger partial charge in [0.25, 0.3) is 11.8 Å². The number of likely N-dealkylation sites (N-methyl/N-ethyl adjacent to an activating group) is 1. The number of nitrogens with one attached hydrogen (secondary N) is 3. The monoisotopic (exact) mass is 399 g/mol.